The summed E-state index contributed by atoms with van der Waals surface area (Å²) in [6, 6.07) is 9.83. The highest BCUT2D eigenvalue weighted by molar-refractivity contribution is 9.09. The molecule has 1 rings (SSSR count). The Bertz CT molecular complexity index is 223. The fourth-order valence-corrected chi connectivity index (χ4v) is 1.67. The van der Waals surface area contributed by atoms with Crippen LogP contribution >= 0.6 is 15.9 Å². The van der Waals surface area contributed by atoms with Gasteiger partial charge in [0.05, 0.1) is 6.10 Å². The Balaban J connectivity index is 2.35. The van der Waals surface area contributed by atoms with Gasteiger partial charge in [0.1, 0.15) is 0 Å². The van der Waals surface area contributed by atoms with Crippen LogP contribution in [-0.2, 0) is 0 Å². The zero-order valence-electron chi connectivity index (χ0n) is 7.62. The van der Waals surface area contributed by atoms with E-state index in [1.807, 2.05) is 30.3 Å². The number of alkyl halides is 1. The summed E-state index contributed by atoms with van der Waals surface area (Å²) in [5, 5.41) is 10.8. The Labute approximate surface area is 87.9 Å². The van der Waals surface area contributed by atoms with E-state index in [0.29, 0.717) is 0 Å². The SMILES string of the molecule is O[C@H](CCCCBr)c1ccccc1. The number of aliphatic hydroxyl groups excluding tert-OH is 1. The Morgan fingerprint density at radius 3 is 2.46 bits per heavy atom. The first-order valence-electron chi connectivity index (χ1n) is 4.63. The number of unbranched alkanes of at least 4 members (excludes halogenated alkanes) is 1. The highest BCUT2D eigenvalue weighted by Gasteiger charge is 2.04. The normalized spacial score (nSPS) is 12.8. The highest BCUT2D eigenvalue weighted by atomic mass is 79.9. The van der Waals surface area contributed by atoms with Gasteiger partial charge in [-0.1, -0.05) is 46.3 Å². The van der Waals surface area contributed by atoms with Gasteiger partial charge in [-0.05, 0) is 24.8 Å². The Kier molecular flexibility index (Phi) is 5.09. The monoisotopic (exact) mass is 242 g/mol. The third kappa shape index (κ3) is 3.92. The molecule has 0 aliphatic heterocycles. The summed E-state index contributed by atoms with van der Waals surface area (Å²) in [4.78, 5) is 0. The molecule has 0 aliphatic rings. The van der Waals surface area contributed by atoms with Crippen LogP contribution in [-0.4, -0.2) is 10.4 Å². The molecule has 13 heavy (non-hydrogen) atoms. The lowest BCUT2D eigenvalue weighted by atomic mass is 10.0. The summed E-state index contributed by atoms with van der Waals surface area (Å²) in [6.07, 6.45) is 2.76. The van der Waals surface area contributed by atoms with Crippen molar-refractivity contribution in [1.82, 2.24) is 0 Å². The van der Waals surface area contributed by atoms with Crippen LogP contribution < -0.4 is 0 Å². The van der Waals surface area contributed by atoms with Crippen LogP contribution in [0.4, 0.5) is 0 Å². The van der Waals surface area contributed by atoms with Crippen molar-refractivity contribution in [3.05, 3.63) is 35.9 Å². The smallest absolute Gasteiger partial charge is 0.0790 e. The van der Waals surface area contributed by atoms with Crippen molar-refractivity contribution in [2.45, 2.75) is 25.4 Å². The van der Waals surface area contributed by atoms with Gasteiger partial charge in [-0.2, -0.15) is 0 Å². The minimum absolute atomic E-state index is 0.291. The van der Waals surface area contributed by atoms with E-state index in [2.05, 4.69) is 15.9 Å². The molecule has 1 nitrogen and oxygen atoms in total. The van der Waals surface area contributed by atoms with Crippen molar-refractivity contribution in [3.8, 4) is 0 Å². The van der Waals surface area contributed by atoms with Gasteiger partial charge in [0.25, 0.3) is 0 Å². The third-order valence-electron chi connectivity index (χ3n) is 2.05. The first-order chi connectivity index (χ1) is 6.34. The van der Waals surface area contributed by atoms with E-state index in [1.54, 1.807) is 0 Å². The molecular weight excluding hydrogens is 228 g/mol. The molecule has 0 spiro atoms. The van der Waals surface area contributed by atoms with Crippen LogP contribution in [0.25, 0.3) is 0 Å². The lowest BCUT2D eigenvalue weighted by molar-refractivity contribution is 0.164. The number of aliphatic hydroxyl groups is 1. The van der Waals surface area contributed by atoms with Crippen molar-refractivity contribution < 1.29 is 5.11 Å². The molecule has 1 N–H and O–H groups in total. The minimum atomic E-state index is -0.291. The lowest BCUT2D eigenvalue weighted by Gasteiger charge is -2.09. The maximum absolute atomic E-state index is 9.73. The predicted molar refractivity (Wildman–Crippen MR) is 59.0 cm³/mol. The van der Waals surface area contributed by atoms with E-state index in [4.69, 9.17) is 0 Å². The summed E-state index contributed by atoms with van der Waals surface area (Å²) < 4.78 is 0. The first kappa shape index (κ1) is 10.7. The predicted octanol–water partition coefficient (Wildman–Crippen LogP) is 3.29. The average molecular weight is 243 g/mol. The van der Waals surface area contributed by atoms with Gasteiger partial charge in [-0.25, -0.2) is 0 Å². The maximum atomic E-state index is 9.73. The molecule has 1 atom stereocenters. The molecule has 0 aromatic heterocycles. The fraction of sp³-hybridized carbons (Fsp3) is 0.455. The quantitative estimate of drug-likeness (QED) is 0.621. The Morgan fingerprint density at radius 2 is 1.85 bits per heavy atom. The summed E-state index contributed by atoms with van der Waals surface area (Å²) >= 11 is 3.37. The lowest BCUT2D eigenvalue weighted by Crippen LogP contribution is -1.96. The molecule has 0 heterocycles. The number of rotatable bonds is 5. The van der Waals surface area contributed by atoms with E-state index in [0.717, 1.165) is 30.2 Å². The van der Waals surface area contributed by atoms with Crippen LogP contribution in [0.3, 0.4) is 0 Å². The maximum Gasteiger partial charge on any atom is 0.0790 e. The van der Waals surface area contributed by atoms with E-state index in [1.165, 1.54) is 0 Å². The number of benzene rings is 1. The topological polar surface area (TPSA) is 20.2 Å². The summed E-state index contributed by atoms with van der Waals surface area (Å²) in [6.45, 7) is 0. The van der Waals surface area contributed by atoms with Crippen molar-refractivity contribution in [1.29, 1.82) is 0 Å². The van der Waals surface area contributed by atoms with E-state index in [9.17, 15) is 5.11 Å². The van der Waals surface area contributed by atoms with E-state index >= 15 is 0 Å². The molecule has 0 fully saturated rings. The largest absolute Gasteiger partial charge is 0.388 e. The molecule has 72 valence electrons. The molecule has 0 radical (unpaired) electrons. The Hall–Kier alpha value is -0.340. The summed E-state index contributed by atoms with van der Waals surface area (Å²) in [7, 11) is 0. The minimum Gasteiger partial charge on any atom is -0.388 e. The van der Waals surface area contributed by atoms with Crippen LogP contribution in [0.1, 0.15) is 30.9 Å². The molecule has 2 heteroatoms. The molecule has 1 aromatic rings. The van der Waals surface area contributed by atoms with Crippen LogP contribution in [0, 0.1) is 0 Å². The second kappa shape index (κ2) is 6.17. The first-order valence-corrected chi connectivity index (χ1v) is 5.75. The van der Waals surface area contributed by atoms with Gasteiger partial charge in [-0.15, -0.1) is 0 Å². The second-order valence-electron chi connectivity index (χ2n) is 3.11. The molecule has 0 saturated carbocycles. The van der Waals surface area contributed by atoms with Crippen molar-refractivity contribution >= 4 is 15.9 Å². The molecule has 0 amide bonds. The van der Waals surface area contributed by atoms with Crippen LogP contribution in [0.2, 0.25) is 0 Å². The van der Waals surface area contributed by atoms with Crippen LogP contribution in [0.15, 0.2) is 30.3 Å². The fourth-order valence-electron chi connectivity index (χ4n) is 1.27. The molecular formula is C11H15BrO. The Morgan fingerprint density at radius 1 is 1.15 bits per heavy atom. The summed E-state index contributed by atoms with van der Waals surface area (Å²) in [5.74, 6) is 0. The highest BCUT2D eigenvalue weighted by Crippen LogP contribution is 2.18. The summed E-state index contributed by atoms with van der Waals surface area (Å²) in [5.41, 5.74) is 1.03. The number of hydrogen-bond donors (Lipinski definition) is 1. The van der Waals surface area contributed by atoms with Crippen molar-refractivity contribution in [3.63, 3.8) is 0 Å². The van der Waals surface area contributed by atoms with Gasteiger partial charge in [0.15, 0.2) is 0 Å². The van der Waals surface area contributed by atoms with Gasteiger partial charge < -0.3 is 5.11 Å². The van der Waals surface area contributed by atoms with E-state index < -0.39 is 0 Å². The van der Waals surface area contributed by atoms with Crippen molar-refractivity contribution in [2.75, 3.05) is 5.33 Å². The number of halogens is 1. The standard InChI is InChI=1S/C11H15BrO/c12-9-5-4-8-11(13)10-6-2-1-3-7-10/h1-3,6-7,11,13H,4-5,8-9H2/t11-/m1/s1. The van der Waals surface area contributed by atoms with Gasteiger partial charge in [-0.3, -0.25) is 0 Å². The third-order valence-corrected chi connectivity index (χ3v) is 2.61. The molecule has 0 bridgehead atoms. The zero-order valence-corrected chi connectivity index (χ0v) is 9.20. The molecule has 0 saturated heterocycles. The molecule has 1 aromatic carbocycles. The van der Waals surface area contributed by atoms with Crippen LogP contribution in [0.5, 0.6) is 0 Å². The van der Waals surface area contributed by atoms with Gasteiger partial charge in [0.2, 0.25) is 0 Å². The number of hydrogen-bond acceptors (Lipinski definition) is 1. The van der Waals surface area contributed by atoms with Crippen molar-refractivity contribution in [2.24, 2.45) is 0 Å². The molecule has 0 aliphatic carbocycles. The average Bonchev–Trinajstić information content (AvgIpc) is 2.19. The van der Waals surface area contributed by atoms with E-state index in [-0.39, 0.29) is 6.10 Å². The zero-order chi connectivity index (χ0) is 9.52. The molecule has 0 unspecified atom stereocenters. The van der Waals surface area contributed by atoms with Gasteiger partial charge in [0, 0.05) is 5.33 Å². The van der Waals surface area contributed by atoms with Gasteiger partial charge >= 0.3 is 0 Å². The second-order valence-corrected chi connectivity index (χ2v) is 3.90.